The van der Waals surface area contributed by atoms with Gasteiger partial charge in [-0.3, -0.25) is 0 Å². The van der Waals surface area contributed by atoms with Crippen LogP contribution in [-0.4, -0.2) is 12.1 Å². The lowest BCUT2D eigenvalue weighted by Crippen LogP contribution is -1.89. The van der Waals surface area contributed by atoms with E-state index >= 15 is 0 Å². The Balaban J connectivity index is 2.00. The van der Waals surface area contributed by atoms with Crippen molar-refractivity contribution in [3.8, 4) is 5.75 Å². The van der Waals surface area contributed by atoms with Crippen molar-refractivity contribution >= 4 is 46.3 Å². The number of pyridine rings is 1. The first-order chi connectivity index (χ1) is 10.7. The summed E-state index contributed by atoms with van der Waals surface area (Å²) in [7, 11) is 1.64. The summed E-state index contributed by atoms with van der Waals surface area (Å²) in [5, 5.41) is 2.12. The van der Waals surface area contributed by atoms with Crippen molar-refractivity contribution in [2.24, 2.45) is 0 Å². The minimum Gasteiger partial charge on any atom is -0.494 e. The van der Waals surface area contributed by atoms with E-state index in [-0.39, 0.29) is 0 Å². The molecule has 0 amide bonds. The van der Waals surface area contributed by atoms with Crippen molar-refractivity contribution in [2.75, 3.05) is 7.11 Å². The summed E-state index contributed by atoms with van der Waals surface area (Å²) < 4.78 is 5.35. The minimum absolute atomic E-state index is 0.539. The van der Waals surface area contributed by atoms with Gasteiger partial charge in [0.1, 0.15) is 11.3 Å². The summed E-state index contributed by atoms with van der Waals surface area (Å²) in [4.78, 5) is 4.63. The average Bonchev–Trinajstić information content (AvgIpc) is 2.55. The van der Waals surface area contributed by atoms with Gasteiger partial charge in [0.15, 0.2) is 0 Å². The molecule has 0 aliphatic carbocycles. The summed E-state index contributed by atoms with van der Waals surface area (Å²) in [5.41, 5.74) is 2.52. The molecular formula is C18H13Cl2NO. The molecule has 110 valence electrons. The molecule has 3 rings (SSSR count). The lowest BCUT2D eigenvalue weighted by atomic mass is 10.1. The number of halogens is 2. The Morgan fingerprint density at radius 2 is 1.77 bits per heavy atom. The van der Waals surface area contributed by atoms with Gasteiger partial charge in [-0.1, -0.05) is 59.6 Å². The minimum atomic E-state index is 0.539. The normalized spacial score (nSPS) is 11.2. The number of fused-ring (bicyclic) bond motifs is 1. The summed E-state index contributed by atoms with van der Waals surface area (Å²) >= 11 is 12.2. The molecule has 1 aromatic heterocycles. The molecule has 0 aliphatic rings. The van der Waals surface area contributed by atoms with Crippen molar-refractivity contribution in [3.05, 3.63) is 69.8 Å². The van der Waals surface area contributed by atoms with Gasteiger partial charge >= 0.3 is 0 Å². The van der Waals surface area contributed by atoms with Crippen molar-refractivity contribution < 1.29 is 4.74 Å². The third-order valence-electron chi connectivity index (χ3n) is 3.34. The van der Waals surface area contributed by atoms with Crippen molar-refractivity contribution in [3.63, 3.8) is 0 Å². The number of ether oxygens (including phenoxy) is 1. The van der Waals surface area contributed by atoms with Gasteiger partial charge in [0.2, 0.25) is 0 Å². The van der Waals surface area contributed by atoms with Crippen LogP contribution in [0.1, 0.15) is 11.3 Å². The van der Waals surface area contributed by atoms with Crippen LogP contribution in [0, 0.1) is 0 Å². The van der Waals surface area contributed by atoms with Crippen LogP contribution in [0.4, 0.5) is 0 Å². The van der Waals surface area contributed by atoms with Crippen LogP contribution in [0.15, 0.2) is 48.5 Å². The topological polar surface area (TPSA) is 22.1 Å². The molecule has 2 nitrogen and oxygen atoms in total. The van der Waals surface area contributed by atoms with Gasteiger partial charge < -0.3 is 4.74 Å². The van der Waals surface area contributed by atoms with Gasteiger partial charge in [-0.25, -0.2) is 4.98 Å². The highest BCUT2D eigenvalue weighted by Crippen LogP contribution is 2.27. The molecule has 3 aromatic rings. The molecule has 0 spiro atoms. The molecule has 0 unspecified atom stereocenters. The molecule has 0 fully saturated rings. The Bertz CT molecular complexity index is 859. The van der Waals surface area contributed by atoms with Crippen LogP contribution < -0.4 is 4.74 Å². The number of nitrogens with zero attached hydrogens (tertiary/aromatic N) is 1. The summed E-state index contributed by atoms with van der Waals surface area (Å²) in [6, 6.07) is 15.4. The summed E-state index contributed by atoms with van der Waals surface area (Å²) in [6.07, 6.45) is 3.81. The first-order valence-electron chi connectivity index (χ1n) is 6.75. The Morgan fingerprint density at radius 1 is 0.955 bits per heavy atom. The molecule has 2 aromatic carbocycles. The van der Waals surface area contributed by atoms with Crippen LogP contribution in [0.3, 0.4) is 0 Å². The van der Waals surface area contributed by atoms with Crippen LogP contribution in [-0.2, 0) is 0 Å². The molecule has 4 heteroatoms. The van der Waals surface area contributed by atoms with Crippen molar-refractivity contribution in [1.29, 1.82) is 0 Å². The Morgan fingerprint density at radius 3 is 2.59 bits per heavy atom. The molecule has 0 saturated heterocycles. The fourth-order valence-electron chi connectivity index (χ4n) is 2.22. The van der Waals surface area contributed by atoms with Crippen LogP contribution in [0.25, 0.3) is 23.1 Å². The molecular weight excluding hydrogens is 317 g/mol. The molecule has 0 N–H and O–H groups in total. The molecule has 1 heterocycles. The van der Waals surface area contributed by atoms with E-state index in [0.717, 1.165) is 27.9 Å². The molecule has 0 bridgehead atoms. The largest absolute Gasteiger partial charge is 0.494 e. The van der Waals surface area contributed by atoms with Crippen molar-refractivity contribution in [2.45, 2.75) is 0 Å². The number of methoxy groups -OCH3 is 1. The maximum absolute atomic E-state index is 6.18. The van der Waals surface area contributed by atoms with Crippen LogP contribution in [0.2, 0.25) is 10.0 Å². The van der Waals surface area contributed by atoms with Gasteiger partial charge in [0, 0.05) is 5.39 Å². The second-order valence-electron chi connectivity index (χ2n) is 4.74. The Hall–Kier alpha value is -2.03. The highest BCUT2D eigenvalue weighted by atomic mass is 35.5. The zero-order chi connectivity index (χ0) is 15.5. The van der Waals surface area contributed by atoms with E-state index in [9.17, 15) is 0 Å². The van der Waals surface area contributed by atoms with Gasteiger partial charge in [0.25, 0.3) is 0 Å². The number of benzene rings is 2. The molecule has 22 heavy (non-hydrogen) atoms. The molecule has 0 atom stereocenters. The van der Waals surface area contributed by atoms with E-state index in [4.69, 9.17) is 27.9 Å². The Labute approximate surface area is 139 Å². The lowest BCUT2D eigenvalue weighted by Gasteiger charge is -2.05. The van der Waals surface area contributed by atoms with Gasteiger partial charge in [-0.05, 0) is 29.8 Å². The van der Waals surface area contributed by atoms with E-state index in [1.807, 2.05) is 54.6 Å². The fraction of sp³-hybridized carbons (Fsp3) is 0.0556. The molecule has 0 radical (unpaired) electrons. The second-order valence-corrected chi connectivity index (χ2v) is 5.53. The predicted molar refractivity (Wildman–Crippen MR) is 93.7 cm³/mol. The van der Waals surface area contributed by atoms with Gasteiger partial charge in [-0.15, -0.1) is 0 Å². The first kappa shape index (κ1) is 14.9. The van der Waals surface area contributed by atoms with Gasteiger partial charge in [0.05, 0.1) is 22.8 Å². The lowest BCUT2D eigenvalue weighted by molar-refractivity contribution is 0.419. The van der Waals surface area contributed by atoms with E-state index in [1.165, 1.54) is 0 Å². The zero-order valence-corrected chi connectivity index (χ0v) is 13.4. The highest BCUT2D eigenvalue weighted by Gasteiger charge is 2.04. The number of para-hydroxylation sites is 1. The second kappa shape index (κ2) is 6.39. The predicted octanol–water partition coefficient (Wildman–Crippen LogP) is 5.72. The summed E-state index contributed by atoms with van der Waals surface area (Å²) in [6.45, 7) is 0. The maximum atomic E-state index is 6.18. The van der Waals surface area contributed by atoms with Gasteiger partial charge in [-0.2, -0.15) is 0 Å². The smallest absolute Gasteiger partial charge is 0.145 e. The number of hydrogen-bond acceptors (Lipinski definition) is 2. The number of aromatic nitrogens is 1. The standard InChI is InChI=1S/C18H13Cl2NO/c1-22-16-7-3-5-13-9-11-14(21-18(13)16)10-8-12-4-2-6-15(19)17(12)20/h2-11H,1H3/b10-8+. The summed E-state index contributed by atoms with van der Waals surface area (Å²) in [5.74, 6) is 0.758. The Kier molecular flexibility index (Phi) is 4.32. The zero-order valence-electron chi connectivity index (χ0n) is 11.9. The quantitative estimate of drug-likeness (QED) is 0.613. The first-order valence-corrected chi connectivity index (χ1v) is 7.50. The highest BCUT2D eigenvalue weighted by molar-refractivity contribution is 6.42. The molecule has 0 saturated carbocycles. The number of rotatable bonds is 3. The monoisotopic (exact) mass is 329 g/mol. The average molecular weight is 330 g/mol. The number of hydrogen-bond donors (Lipinski definition) is 0. The van der Waals surface area contributed by atoms with E-state index in [0.29, 0.717) is 10.0 Å². The molecule has 0 aliphatic heterocycles. The van der Waals surface area contributed by atoms with E-state index < -0.39 is 0 Å². The van der Waals surface area contributed by atoms with E-state index in [1.54, 1.807) is 13.2 Å². The van der Waals surface area contributed by atoms with E-state index in [2.05, 4.69) is 4.98 Å². The maximum Gasteiger partial charge on any atom is 0.145 e. The third kappa shape index (κ3) is 2.94. The SMILES string of the molecule is COc1cccc2ccc(/C=C/c3cccc(Cl)c3Cl)nc12. The van der Waals surface area contributed by atoms with Crippen molar-refractivity contribution in [1.82, 2.24) is 4.98 Å². The van der Waals surface area contributed by atoms with Crippen LogP contribution >= 0.6 is 23.2 Å². The third-order valence-corrected chi connectivity index (χ3v) is 4.17. The van der Waals surface area contributed by atoms with Crippen LogP contribution in [0.5, 0.6) is 5.75 Å². The fourth-order valence-corrected chi connectivity index (χ4v) is 2.59.